The topological polar surface area (TPSA) is 58.6 Å². The Kier molecular flexibility index (Phi) is 4.40. The van der Waals surface area contributed by atoms with E-state index in [1.807, 2.05) is 0 Å². The first kappa shape index (κ1) is 10.7. The number of hydrogen-bond donors (Lipinski definition) is 2. The van der Waals surface area contributed by atoms with Gasteiger partial charge in [-0.2, -0.15) is 0 Å². The van der Waals surface area contributed by atoms with E-state index in [0.29, 0.717) is 13.2 Å². The summed E-state index contributed by atoms with van der Waals surface area (Å²) < 4.78 is 5.11. The van der Waals surface area contributed by atoms with Gasteiger partial charge in [-0.15, -0.1) is 12.4 Å². The summed E-state index contributed by atoms with van der Waals surface area (Å²) in [6.45, 7) is 2.98. The fourth-order valence-corrected chi connectivity index (χ4v) is 1.01. The number of ether oxygens (including phenoxy) is 1. The van der Waals surface area contributed by atoms with Crippen LogP contribution in [-0.2, 0) is 9.53 Å². The summed E-state index contributed by atoms with van der Waals surface area (Å²) in [6, 6.07) is -0.534. The van der Waals surface area contributed by atoms with Gasteiger partial charge in [0.15, 0.2) is 0 Å². The Morgan fingerprint density at radius 3 is 2.73 bits per heavy atom. The first-order valence-electron chi connectivity index (χ1n) is 3.29. The van der Waals surface area contributed by atoms with Crippen LogP contribution in [-0.4, -0.2) is 36.4 Å². The van der Waals surface area contributed by atoms with E-state index in [2.05, 4.69) is 5.32 Å². The van der Waals surface area contributed by atoms with Crippen LogP contribution in [0.2, 0.25) is 0 Å². The molecule has 1 rings (SSSR count). The molecule has 4 nitrogen and oxygen atoms in total. The van der Waals surface area contributed by atoms with Crippen molar-refractivity contribution in [2.45, 2.75) is 19.1 Å². The second-order valence-electron chi connectivity index (χ2n) is 2.35. The van der Waals surface area contributed by atoms with Crippen LogP contribution in [0.25, 0.3) is 0 Å². The lowest BCUT2D eigenvalue weighted by molar-refractivity contribution is -0.145. The number of carboxylic acid groups (broad SMARTS) is 1. The maximum Gasteiger partial charge on any atom is 0.323 e. The van der Waals surface area contributed by atoms with E-state index in [9.17, 15) is 4.79 Å². The first-order valence-corrected chi connectivity index (χ1v) is 3.29. The lowest BCUT2D eigenvalue weighted by Gasteiger charge is -2.26. The lowest BCUT2D eigenvalue weighted by atomic mass is 10.1. The highest BCUT2D eigenvalue weighted by molar-refractivity contribution is 5.85. The van der Waals surface area contributed by atoms with Crippen LogP contribution in [0.1, 0.15) is 6.92 Å². The van der Waals surface area contributed by atoms with E-state index >= 15 is 0 Å². The second-order valence-corrected chi connectivity index (χ2v) is 2.35. The number of hydrogen-bond acceptors (Lipinski definition) is 3. The summed E-state index contributed by atoms with van der Waals surface area (Å²) in [5.41, 5.74) is 0. The second kappa shape index (κ2) is 4.54. The monoisotopic (exact) mass is 181 g/mol. The van der Waals surface area contributed by atoms with Crippen molar-refractivity contribution >= 4 is 18.4 Å². The molecule has 0 unspecified atom stereocenters. The highest BCUT2D eigenvalue weighted by Gasteiger charge is 2.27. The number of morpholine rings is 1. The number of aliphatic carboxylic acids is 1. The van der Waals surface area contributed by atoms with Gasteiger partial charge in [-0.1, -0.05) is 0 Å². The molecule has 1 aliphatic heterocycles. The Hall–Kier alpha value is -0.320. The van der Waals surface area contributed by atoms with Crippen molar-refractivity contribution in [3.63, 3.8) is 0 Å². The molecule has 0 amide bonds. The number of carbonyl (C=O) groups is 1. The van der Waals surface area contributed by atoms with E-state index in [4.69, 9.17) is 9.84 Å². The largest absolute Gasteiger partial charge is 0.480 e. The Balaban J connectivity index is 0.000001000. The van der Waals surface area contributed by atoms with Crippen LogP contribution in [0.5, 0.6) is 0 Å². The molecule has 11 heavy (non-hydrogen) atoms. The van der Waals surface area contributed by atoms with E-state index in [1.165, 1.54) is 0 Å². The van der Waals surface area contributed by atoms with Gasteiger partial charge in [0, 0.05) is 6.54 Å². The number of halogens is 1. The maximum absolute atomic E-state index is 10.4. The third kappa shape index (κ3) is 2.65. The Morgan fingerprint density at radius 2 is 2.36 bits per heavy atom. The smallest absolute Gasteiger partial charge is 0.323 e. The molecule has 1 heterocycles. The molecule has 5 heteroatoms. The zero-order valence-electron chi connectivity index (χ0n) is 6.24. The van der Waals surface area contributed by atoms with Gasteiger partial charge in [0.2, 0.25) is 0 Å². The van der Waals surface area contributed by atoms with Gasteiger partial charge in [0.25, 0.3) is 0 Å². The quantitative estimate of drug-likeness (QED) is 0.592. The zero-order chi connectivity index (χ0) is 7.56. The molecule has 0 saturated carbocycles. The summed E-state index contributed by atoms with van der Waals surface area (Å²) in [4.78, 5) is 10.4. The van der Waals surface area contributed by atoms with Gasteiger partial charge >= 0.3 is 5.97 Å². The van der Waals surface area contributed by atoms with Crippen LogP contribution in [0.4, 0.5) is 0 Å². The number of nitrogens with one attached hydrogen (secondary N) is 1. The van der Waals surface area contributed by atoms with Crippen molar-refractivity contribution in [3.8, 4) is 0 Å². The van der Waals surface area contributed by atoms with Gasteiger partial charge in [-0.25, -0.2) is 0 Å². The fourth-order valence-electron chi connectivity index (χ4n) is 1.01. The number of carboxylic acids is 1. The highest BCUT2D eigenvalue weighted by atomic mass is 35.5. The molecule has 1 fully saturated rings. The summed E-state index contributed by atoms with van der Waals surface area (Å²) in [6.07, 6.45) is -0.216. The summed E-state index contributed by atoms with van der Waals surface area (Å²) in [5.74, 6) is -0.841. The average molecular weight is 182 g/mol. The molecule has 66 valence electrons. The summed E-state index contributed by atoms with van der Waals surface area (Å²) in [5, 5.41) is 11.4. The van der Waals surface area contributed by atoms with Crippen LogP contribution in [0, 0.1) is 0 Å². The van der Waals surface area contributed by atoms with E-state index < -0.39 is 12.0 Å². The molecule has 0 aliphatic carbocycles. The zero-order valence-corrected chi connectivity index (χ0v) is 7.06. The van der Waals surface area contributed by atoms with Crippen molar-refractivity contribution < 1.29 is 14.6 Å². The molecule has 0 aromatic rings. The predicted octanol–water partition coefficient (Wildman–Crippen LogP) is -0.130. The van der Waals surface area contributed by atoms with Crippen molar-refractivity contribution in [3.05, 3.63) is 0 Å². The fraction of sp³-hybridized carbons (Fsp3) is 0.833. The molecule has 0 aromatic carbocycles. The van der Waals surface area contributed by atoms with Gasteiger partial charge in [-0.3, -0.25) is 10.1 Å². The van der Waals surface area contributed by atoms with Gasteiger partial charge in [0.05, 0.1) is 12.7 Å². The standard InChI is InChI=1S/C6H11NO3.ClH/c1-4-5(6(8)9)7-2-3-10-4;/h4-5,7H,2-3H2,1H3,(H,8,9);1H/t4-,5+;/m1./s1. The minimum atomic E-state index is -0.841. The molecule has 1 saturated heterocycles. The first-order chi connectivity index (χ1) is 4.72. The molecule has 2 atom stereocenters. The molecule has 0 spiro atoms. The molecule has 2 N–H and O–H groups in total. The van der Waals surface area contributed by atoms with Gasteiger partial charge in [0.1, 0.15) is 6.04 Å². The molecule has 1 aliphatic rings. The van der Waals surface area contributed by atoms with Crippen molar-refractivity contribution in [2.75, 3.05) is 13.2 Å². The predicted molar refractivity (Wildman–Crippen MR) is 42.1 cm³/mol. The Bertz CT molecular complexity index is 142. The average Bonchev–Trinajstić information content (AvgIpc) is 1.88. The van der Waals surface area contributed by atoms with Crippen molar-refractivity contribution in [1.82, 2.24) is 5.32 Å². The normalized spacial score (nSPS) is 30.6. The summed E-state index contributed by atoms with van der Waals surface area (Å²) >= 11 is 0. The van der Waals surface area contributed by atoms with Crippen LogP contribution >= 0.6 is 12.4 Å². The van der Waals surface area contributed by atoms with Gasteiger partial charge in [-0.05, 0) is 6.92 Å². The maximum atomic E-state index is 10.4. The molecular weight excluding hydrogens is 170 g/mol. The van der Waals surface area contributed by atoms with Crippen LogP contribution in [0.15, 0.2) is 0 Å². The lowest BCUT2D eigenvalue weighted by Crippen LogP contribution is -2.51. The third-order valence-electron chi connectivity index (χ3n) is 1.58. The molecular formula is C6H12ClNO3. The van der Waals surface area contributed by atoms with Gasteiger partial charge < -0.3 is 9.84 Å². The molecule has 0 aromatic heterocycles. The van der Waals surface area contributed by atoms with Crippen molar-refractivity contribution in [1.29, 1.82) is 0 Å². The highest BCUT2D eigenvalue weighted by Crippen LogP contribution is 2.02. The Labute approximate surface area is 71.3 Å². The van der Waals surface area contributed by atoms with Crippen molar-refractivity contribution in [2.24, 2.45) is 0 Å². The van der Waals surface area contributed by atoms with E-state index in [1.54, 1.807) is 6.92 Å². The SMILES string of the molecule is C[C@H]1OCCN[C@@H]1C(=O)O.Cl. The number of rotatable bonds is 1. The molecule has 0 radical (unpaired) electrons. The minimum absolute atomic E-state index is 0. The molecule has 0 bridgehead atoms. The van der Waals surface area contributed by atoms with E-state index in [0.717, 1.165) is 0 Å². The third-order valence-corrected chi connectivity index (χ3v) is 1.58. The minimum Gasteiger partial charge on any atom is -0.480 e. The van der Waals surface area contributed by atoms with Crippen LogP contribution in [0.3, 0.4) is 0 Å². The summed E-state index contributed by atoms with van der Waals surface area (Å²) in [7, 11) is 0. The van der Waals surface area contributed by atoms with Crippen LogP contribution < -0.4 is 5.32 Å². The Morgan fingerprint density at radius 1 is 1.73 bits per heavy atom. The van der Waals surface area contributed by atoms with E-state index in [-0.39, 0.29) is 18.5 Å².